The van der Waals surface area contributed by atoms with Crippen LogP contribution < -0.4 is 5.32 Å². The number of amides is 1. The summed E-state index contributed by atoms with van der Waals surface area (Å²) in [5.74, 6) is 0.0803. The van der Waals surface area contributed by atoms with Gasteiger partial charge in [-0.15, -0.1) is 5.10 Å². The SMILES string of the molecule is Cc1c(Br)cnn1CCC(=O)Nc1ncn(Cc2ccc(Cl)c(Cl)c2)n1. The zero-order valence-electron chi connectivity index (χ0n) is 13.8. The first kappa shape index (κ1) is 18.9. The maximum Gasteiger partial charge on any atom is 0.248 e. The van der Waals surface area contributed by atoms with Crippen molar-refractivity contribution in [2.45, 2.75) is 26.4 Å². The van der Waals surface area contributed by atoms with Gasteiger partial charge in [0.25, 0.3) is 0 Å². The molecule has 0 radical (unpaired) electrons. The first-order chi connectivity index (χ1) is 12.4. The molecule has 2 heterocycles. The van der Waals surface area contributed by atoms with E-state index in [1.807, 2.05) is 13.0 Å². The highest BCUT2D eigenvalue weighted by Gasteiger charge is 2.10. The van der Waals surface area contributed by atoms with E-state index in [1.54, 1.807) is 34.0 Å². The Bertz CT molecular complexity index is 939. The maximum atomic E-state index is 12.1. The van der Waals surface area contributed by atoms with E-state index in [0.29, 0.717) is 23.1 Å². The molecule has 0 bridgehead atoms. The van der Waals surface area contributed by atoms with E-state index in [1.165, 1.54) is 0 Å². The summed E-state index contributed by atoms with van der Waals surface area (Å²) >= 11 is 15.3. The van der Waals surface area contributed by atoms with Crippen molar-refractivity contribution in [1.29, 1.82) is 0 Å². The van der Waals surface area contributed by atoms with Gasteiger partial charge in [0.1, 0.15) is 6.33 Å². The van der Waals surface area contributed by atoms with Gasteiger partial charge in [-0.25, -0.2) is 9.67 Å². The van der Waals surface area contributed by atoms with Crippen molar-refractivity contribution in [1.82, 2.24) is 24.5 Å². The average Bonchev–Trinajstić information content (AvgIpc) is 3.17. The molecule has 0 aliphatic heterocycles. The molecule has 0 spiro atoms. The normalized spacial score (nSPS) is 10.9. The highest BCUT2D eigenvalue weighted by Crippen LogP contribution is 2.23. The predicted molar refractivity (Wildman–Crippen MR) is 103 cm³/mol. The number of anilines is 1. The largest absolute Gasteiger partial charge is 0.293 e. The Morgan fingerprint density at radius 3 is 2.81 bits per heavy atom. The monoisotopic (exact) mass is 456 g/mol. The standard InChI is InChI=1S/C16H15BrCl2N6O/c1-10-12(17)7-21-25(10)5-4-15(26)22-16-20-9-24(23-16)8-11-2-3-13(18)14(19)6-11/h2-3,6-7,9H,4-5,8H2,1H3,(H,22,23,26). The van der Waals surface area contributed by atoms with Gasteiger partial charge in [-0.1, -0.05) is 29.3 Å². The molecule has 3 aromatic rings. The molecule has 1 aromatic carbocycles. The number of carbonyl (C=O) groups is 1. The molecular formula is C16H15BrCl2N6O. The van der Waals surface area contributed by atoms with Crippen LogP contribution in [0.5, 0.6) is 0 Å². The van der Waals surface area contributed by atoms with Crippen molar-refractivity contribution in [3.8, 4) is 0 Å². The Morgan fingerprint density at radius 2 is 2.12 bits per heavy atom. The van der Waals surface area contributed by atoms with Crippen LogP contribution in [0, 0.1) is 6.92 Å². The summed E-state index contributed by atoms with van der Waals surface area (Å²) in [5, 5.41) is 12.1. The first-order valence-electron chi connectivity index (χ1n) is 7.73. The summed E-state index contributed by atoms with van der Waals surface area (Å²) < 4.78 is 4.30. The molecule has 7 nitrogen and oxygen atoms in total. The van der Waals surface area contributed by atoms with Gasteiger partial charge in [0.15, 0.2) is 0 Å². The van der Waals surface area contributed by atoms with E-state index in [0.717, 1.165) is 15.7 Å². The maximum absolute atomic E-state index is 12.1. The lowest BCUT2D eigenvalue weighted by Crippen LogP contribution is -2.16. The van der Waals surface area contributed by atoms with Crippen molar-refractivity contribution in [3.05, 3.63) is 56.5 Å². The molecule has 0 aliphatic carbocycles. The fraction of sp³-hybridized carbons (Fsp3) is 0.250. The minimum atomic E-state index is -0.177. The van der Waals surface area contributed by atoms with Gasteiger partial charge in [-0.3, -0.25) is 14.8 Å². The minimum Gasteiger partial charge on any atom is -0.293 e. The molecule has 26 heavy (non-hydrogen) atoms. The molecule has 3 rings (SSSR count). The Balaban J connectivity index is 1.55. The van der Waals surface area contributed by atoms with Crippen LogP contribution in [0.1, 0.15) is 17.7 Å². The molecule has 0 aliphatic rings. The Morgan fingerprint density at radius 1 is 1.31 bits per heavy atom. The second-order valence-corrected chi connectivity index (χ2v) is 7.28. The molecule has 0 unspecified atom stereocenters. The van der Waals surface area contributed by atoms with Crippen molar-refractivity contribution < 1.29 is 4.79 Å². The number of nitrogens with one attached hydrogen (secondary N) is 1. The Labute approximate surface area is 168 Å². The van der Waals surface area contributed by atoms with E-state index in [9.17, 15) is 4.79 Å². The molecule has 2 aromatic heterocycles. The number of carbonyl (C=O) groups excluding carboxylic acids is 1. The van der Waals surface area contributed by atoms with E-state index in [2.05, 4.69) is 36.4 Å². The van der Waals surface area contributed by atoms with Gasteiger partial charge in [0.05, 0.1) is 33.8 Å². The van der Waals surface area contributed by atoms with Crippen molar-refractivity contribution >= 4 is 51.0 Å². The zero-order chi connectivity index (χ0) is 18.7. The third-order valence-corrected chi connectivity index (χ3v) is 5.23. The predicted octanol–water partition coefficient (Wildman–Crippen LogP) is 3.93. The van der Waals surface area contributed by atoms with Gasteiger partial charge in [-0.05, 0) is 40.5 Å². The Kier molecular flexibility index (Phi) is 5.95. The fourth-order valence-electron chi connectivity index (χ4n) is 2.30. The van der Waals surface area contributed by atoms with Gasteiger partial charge >= 0.3 is 0 Å². The van der Waals surface area contributed by atoms with E-state index in [4.69, 9.17) is 23.2 Å². The second-order valence-electron chi connectivity index (χ2n) is 5.61. The van der Waals surface area contributed by atoms with Crippen LogP contribution in [-0.4, -0.2) is 30.5 Å². The van der Waals surface area contributed by atoms with Crippen LogP contribution in [0.25, 0.3) is 0 Å². The molecule has 0 saturated carbocycles. The quantitative estimate of drug-likeness (QED) is 0.608. The smallest absolute Gasteiger partial charge is 0.248 e. The lowest BCUT2D eigenvalue weighted by atomic mass is 10.2. The second kappa shape index (κ2) is 8.20. The number of nitrogens with zero attached hydrogens (tertiary/aromatic N) is 5. The van der Waals surface area contributed by atoms with Crippen LogP contribution in [0.15, 0.2) is 35.2 Å². The van der Waals surface area contributed by atoms with Crippen molar-refractivity contribution in [3.63, 3.8) is 0 Å². The molecule has 10 heteroatoms. The van der Waals surface area contributed by atoms with Crippen LogP contribution in [0.2, 0.25) is 10.0 Å². The summed E-state index contributed by atoms with van der Waals surface area (Å²) in [7, 11) is 0. The number of rotatable bonds is 6. The molecule has 0 saturated heterocycles. The number of aryl methyl sites for hydroxylation is 1. The molecular weight excluding hydrogens is 443 g/mol. The average molecular weight is 458 g/mol. The third-order valence-electron chi connectivity index (χ3n) is 3.71. The van der Waals surface area contributed by atoms with Gasteiger partial charge in [0.2, 0.25) is 11.9 Å². The molecule has 0 atom stereocenters. The third kappa shape index (κ3) is 4.63. The summed E-state index contributed by atoms with van der Waals surface area (Å²) in [6.07, 6.45) is 3.53. The first-order valence-corrected chi connectivity index (χ1v) is 9.28. The van der Waals surface area contributed by atoms with Gasteiger partial charge < -0.3 is 0 Å². The number of hydrogen-bond donors (Lipinski definition) is 1. The zero-order valence-corrected chi connectivity index (χ0v) is 16.9. The van der Waals surface area contributed by atoms with Gasteiger partial charge in [-0.2, -0.15) is 5.10 Å². The number of aromatic nitrogens is 5. The van der Waals surface area contributed by atoms with E-state index < -0.39 is 0 Å². The molecule has 136 valence electrons. The summed E-state index contributed by atoms with van der Waals surface area (Å²) in [6, 6.07) is 5.36. The van der Waals surface area contributed by atoms with Crippen LogP contribution >= 0.6 is 39.1 Å². The van der Waals surface area contributed by atoms with E-state index in [-0.39, 0.29) is 18.3 Å². The lowest BCUT2D eigenvalue weighted by Gasteiger charge is -2.05. The topological polar surface area (TPSA) is 77.6 Å². The highest BCUT2D eigenvalue weighted by atomic mass is 79.9. The van der Waals surface area contributed by atoms with Crippen LogP contribution in [0.4, 0.5) is 5.95 Å². The van der Waals surface area contributed by atoms with Crippen LogP contribution in [-0.2, 0) is 17.9 Å². The summed E-state index contributed by atoms with van der Waals surface area (Å²) in [5.41, 5.74) is 1.91. The summed E-state index contributed by atoms with van der Waals surface area (Å²) in [6.45, 7) is 2.88. The van der Waals surface area contributed by atoms with Crippen molar-refractivity contribution in [2.75, 3.05) is 5.32 Å². The number of hydrogen-bond acceptors (Lipinski definition) is 4. The molecule has 0 fully saturated rings. The number of benzene rings is 1. The van der Waals surface area contributed by atoms with Crippen molar-refractivity contribution in [2.24, 2.45) is 0 Å². The van der Waals surface area contributed by atoms with E-state index >= 15 is 0 Å². The molecule has 1 amide bonds. The summed E-state index contributed by atoms with van der Waals surface area (Å²) in [4.78, 5) is 16.2. The molecule has 1 N–H and O–H groups in total. The highest BCUT2D eigenvalue weighted by molar-refractivity contribution is 9.10. The fourth-order valence-corrected chi connectivity index (χ4v) is 2.91. The van der Waals surface area contributed by atoms with Crippen LogP contribution in [0.3, 0.4) is 0 Å². The minimum absolute atomic E-state index is 0.177. The number of halogens is 3. The van der Waals surface area contributed by atoms with Gasteiger partial charge in [0, 0.05) is 12.1 Å². The Hall–Kier alpha value is -1.90. The lowest BCUT2D eigenvalue weighted by molar-refractivity contribution is -0.116.